The third kappa shape index (κ3) is 5.91. The summed E-state index contributed by atoms with van der Waals surface area (Å²) in [6.07, 6.45) is -4.95. The Kier molecular flexibility index (Phi) is 5.59. The van der Waals surface area contributed by atoms with E-state index in [9.17, 15) is 22.8 Å². The Morgan fingerprint density at radius 2 is 1.84 bits per heavy atom. The van der Waals surface area contributed by atoms with Crippen molar-refractivity contribution in [1.29, 1.82) is 0 Å². The molecule has 0 atom stereocenters. The standard InChI is InChI=1S/C11H18F3N3O2/c12-11(13,14)4-1-10(19)17(7-9(15)18)8-2-5-16-6-3-8/h8,16H,1-7H2,(H2,15,18). The lowest BCUT2D eigenvalue weighted by atomic mass is 10.0. The van der Waals surface area contributed by atoms with Crippen LogP contribution in [0.5, 0.6) is 0 Å². The average Bonchev–Trinajstić information content (AvgIpc) is 2.33. The number of nitrogens with two attached hydrogens (primary N) is 1. The number of carbonyl (C=O) groups excluding carboxylic acids is 2. The number of nitrogens with zero attached hydrogens (tertiary/aromatic N) is 1. The fraction of sp³-hybridized carbons (Fsp3) is 0.818. The van der Waals surface area contributed by atoms with E-state index in [0.29, 0.717) is 25.9 Å². The fourth-order valence-electron chi connectivity index (χ4n) is 2.10. The Balaban J connectivity index is 2.61. The minimum absolute atomic E-state index is 0.213. The average molecular weight is 281 g/mol. The van der Waals surface area contributed by atoms with E-state index in [1.165, 1.54) is 4.90 Å². The molecule has 0 spiro atoms. The Hall–Kier alpha value is -1.31. The van der Waals surface area contributed by atoms with Gasteiger partial charge in [-0.15, -0.1) is 0 Å². The van der Waals surface area contributed by atoms with Crippen LogP contribution in [-0.2, 0) is 9.59 Å². The summed E-state index contributed by atoms with van der Waals surface area (Å²) in [5.41, 5.74) is 5.05. The Morgan fingerprint density at radius 1 is 1.26 bits per heavy atom. The lowest BCUT2D eigenvalue weighted by Crippen LogP contribution is -2.49. The third-order valence-corrected chi connectivity index (χ3v) is 3.02. The number of rotatable bonds is 5. The number of halogens is 3. The van der Waals surface area contributed by atoms with Gasteiger partial charge in [-0.3, -0.25) is 9.59 Å². The molecule has 2 amide bonds. The number of amides is 2. The van der Waals surface area contributed by atoms with Crippen molar-refractivity contribution in [3.8, 4) is 0 Å². The van der Waals surface area contributed by atoms with Crippen LogP contribution in [0.3, 0.4) is 0 Å². The van der Waals surface area contributed by atoms with Gasteiger partial charge in [0, 0.05) is 12.5 Å². The van der Waals surface area contributed by atoms with Gasteiger partial charge in [-0.1, -0.05) is 0 Å². The minimum atomic E-state index is -4.37. The topological polar surface area (TPSA) is 75.4 Å². The monoisotopic (exact) mass is 281 g/mol. The summed E-state index contributed by atoms with van der Waals surface area (Å²) in [7, 11) is 0. The molecule has 0 aromatic rings. The summed E-state index contributed by atoms with van der Waals surface area (Å²) in [5.74, 6) is -1.37. The van der Waals surface area contributed by atoms with Crippen LogP contribution in [0.25, 0.3) is 0 Å². The molecule has 0 radical (unpaired) electrons. The fourth-order valence-corrected chi connectivity index (χ4v) is 2.10. The molecule has 1 aliphatic heterocycles. The molecule has 0 aromatic carbocycles. The predicted molar refractivity (Wildman–Crippen MR) is 62.1 cm³/mol. The Bertz CT molecular complexity index is 328. The van der Waals surface area contributed by atoms with Gasteiger partial charge in [0.25, 0.3) is 0 Å². The summed E-state index contributed by atoms with van der Waals surface area (Å²) in [4.78, 5) is 24.0. The highest BCUT2D eigenvalue weighted by Crippen LogP contribution is 2.23. The van der Waals surface area contributed by atoms with Crippen LogP contribution >= 0.6 is 0 Å². The van der Waals surface area contributed by atoms with Crippen LogP contribution in [0, 0.1) is 0 Å². The van der Waals surface area contributed by atoms with Gasteiger partial charge in [0.2, 0.25) is 11.8 Å². The number of primary amides is 1. The van der Waals surface area contributed by atoms with E-state index >= 15 is 0 Å². The van der Waals surface area contributed by atoms with Crippen LogP contribution in [0.1, 0.15) is 25.7 Å². The molecule has 1 aliphatic rings. The molecule has 0 saturated carbocycles. The van der Waals surface area contributed by atoms with Gasteiger partial charge in [0.15, 0.2) is 0 Å². The highest BCUT2D eigenvalue weighted by atomic mass is 19.4. The second-order valence-electron chi connectivity index (χ2n) is 4.58. The Labute approximate surface area is 109 Å². The van der Waals surface area contributed by atoms with Gasteiger partial charge < -0.3 is 16.0 Å². The second-order valence-corrected chi connectivity index (χ2v) is 4.58. The molecule has 8 heteroatoms. The molecule has 0 aromatic heterocycles. The van der Waals surface area contributed by atoms with Gasteiger partial charge in [0.1, 0.15) is 0 Å². The van der Waals surface area contributed by atoms with Gasteiger partial charge in [0.05, 0.1) is 13.0 Å². The number of hydrogen-bond acceptors (Lipinski definition) is 3. The lowest BCUT2D eigenvalue weighted by Gasteiger charge is -2.34. The maximum absolute atomic E-state index is 12.1. The molecule has 1 rings (SSSR count). The third-order valence-electron chi connectivity index (χ3n) is 3.02. The predicted octanol–water partition coefficient (Wildman–Crippen LogP) is 0.395. The largest absolute Gasteiger partial charge is 0.389 e. The number of alkyl halides is 3. The maximum Gasteiger partial charge on any atom is 0.389 e. The minimum Gasteiger partial charge on any atom is -0.368 e. The van der Waals surface area contributed by atoms with E-state index in [2.05, 4.69) is 5.32 Å². The number of hydrogen-bond donors (Lipinski definition) is 2. The number of piperidine rings is 1. The molecule has 19 heavy (non-hydrogen) atoms. The highest BCUT2D eigenvalue weighted by molar-refractivity contribution is 5.84. The summed E-state index contributed by atoms with van der Waals surface area (Å²) >= 11 is 0. The van der Waals surface area contributed by atoms with E-state index in [4.69, 9.17) is 5.73 Å². The van der Waals surface area contributed by atoms with Crippen molar-refractivity contribution < 1.29 is 22.8 Å². The molecule has 0 bridgehead atoms. The summed E-state index contributed by atoms with van der Waals surface area (Å²) < 4.78 is 36.3. The smallest absolute Gasteiger partial charge is 0.368 e. The zero-order valence-corrected chi connectivity index (χ0v) is 10.5. The van der Waals surface area contributed by atoms with Crippen molar-refractivity contribution in [2.24, 2.45) is 5.73 Å². The van der Waals surface area contributed by atoms with Gasteiger partial charge in [-0.25, -0.2) is 0 Å². The van der Waals surface area contributed by atoms with E-state index < -0.39 is 30.8 Å². The van der Waals surface area contributed by atoms with Crippen molar-refractivity contribution in [2.75, 3.05) is 19.6 Å². The van der Waals surface area contributed by atoms with Crippen LogP contribution < -0.4 is 11.1 Å². The van der Waals surface area contributed by atoms with Gasteiger partial charge in [-0.2, -0.15) is 13.2 Å². The first kappa shape index (κ1) is 15.7. The van der Waals surface area contributed by atoms with Crippen LogP contribution in [-0.4, -0.2) is 48.6 Å². The molecule has 110 valence electrons. The number of nitrogens with one attached hydrogen (secondary N) is 1. The van der Waals surface area contributed by atoms with Crippen molar-refractivity contribution in [1.82, 2.24) is 10.2 Å². The lowest BCUT2D eigenvalue weighted by molar-refractivity contribution is -0.151. The van der Waals surface area contributed by atoms with Crippen molar-refractivity contribution in [3.05, 3.63) is 0 Å². The molecule has 5 nitrogen and oxygen atoms in total. The normalized spacial score (nSPS) is 17.2. The zero-order valence-electron chi connectivity index (χ0n) is 10.5. The van der Waals surface area contributed by atoms with Gasteiger partial charge >= 0.3 is 6.18 Å². The van der Waals surface area contributed by atoms with Crippen LogP contribution in [0.15, 0.2) is 0 Å². The second kappa shape index (κ2) is 6.74. The molecule has 1 saturated heterocycles. The quantitative estimate of drug-likeness (QED) is 0.765. The first-order valence-electron chi connectivity index (χ1n) is 6.15. The molecule has 3 N–H and O–H groups in total. The van der Waals surface area contributed by atoms with E-state index in [-0.39, 0.29) is 12.6 Å². The summed E-state index contributed by atoms with van der Waals surface area (Å²) in [6.45, 7) is 1.03. The van der Waals surface area contributed by atoms with Crippen molar-refractivity contribution in [2.45, 2.75) is 37.9 Å². The summed E-state index contributed by atoms with van der Waals surface area (Å²) in [6, 6.07) is -0.213. The molecular weight excluding hydrogens is 263 g/mol. The summed E-state index contributed by atoms with van der Waals surface area (Å²) in [5, 5.41) is 3.08. The van der Waals surface area contributed by atoms with Crippen molar-refractivity contribution >= 4 is 11.8 Å². The molecule has 0 unspecified atom stereocenters. The maximum atomic E-state index is 12.1. The SMILES string of the molecule is NC(=O)CN(C(=O)CCC(F)(F)F)C1CCNCC1. The highest BCUT2D eigenvalue weighted by Gasteiger charge is 2.32. The first-order chi connectivity index (χ1) is 8.79. The molecule has 1 heterocycles. The first-order valence-corrected chi connectivity index (χ1v) is 6.15. The molecule has 0 aliphatic carbocycles. The Morgan fingerprint density at radius 3 is 2.32 bits per heavy atom. The number of carbonyl (C=O) groups is 2. The van der Waals surface area contributed by atoms with E-state index in [1.54, 1.807) is 0 Å². The van der Waals surface area contributed by atoms with Crippen molar-refractivity contribution in [3.63, 3.8) is 0 Å². The molecular formula is C11H18F3N3O2. The zero-order chi connectivity index (χ0) is 14.5. The van der Waals surface area contributed by atoms with E-state index in [1.807, 2.05) is 0 Å². The van der Waals surface area contributed by atoms with Gasteiger partial charge in [-0.05, 0) is 25.9 Å². The molecule has 1 fully saturated rings. The van der Waals surface area contributed by atoms with E-state index in [0.717, 1.165) is 0 Å². The van der Waals surface area contributed by atoms with Crippen LogP contribution in [0.2, 0.25) is 0 Å². The van der Waals surface area contributed by atoms with Crippen LogP contribution in [0.4, 0.5) is 13.2 Å².